The lowest BCUT2D eigenvalue weighted by Gasteiger charge is -2.10. The molecule has 3 aromatic rings. The molecule has 0 saturated heterocycles. The molecule has 2 aromatic carbocycles. The van der Waals surface area contributed by atoms with Crippen LogP contribution in [0.25, 0.3) is 5.69 Å². The molecule has 0 spiro atoms. The number of nitrogens with one attached hydrogen (secondary N) is 1. The highest BCUT2D eigenvalue weighted by atomic mass is 16.5. The zero-order valence-corrected chi connectivity index (χ0v) is 14.3. The van der Waals surface area contributed by atoms with Gasteiger partial charge in [-0.05, 0) is 37.3 Å². The number of aryl methyl sites for hydroxylation is 1. The molecular weight excluding hydrogens is 318 g/mol. The number of ether oxygens (including phenoxy) is 2. The molecule has 0 fully saturated rings. The summed E-state index contributed by atoms with van der Waals surface area (Å²) in [6.45, 7) is 1.98. The number of nitrogens with zero attached hydrogens (tertiary/aromatic N) is 2. The Morgan fingerprint density at radius 2 is 1.64 bits per heavy atom. The Morgan fingerprint density at radius 3 is 2.16 bits per heavy atom. The molecule has 128 valence electrons. The van der Waals surface area contributed by atoms with Crippen LogP contribution < -0.4 is 14.8 Å². The second-order valence-corrected chi connectivity index (χ2v) is 5.49. The van der Waals surface area contributed by atoms with Crippen LogP contribution in [-0.4, -0.2) is 29.9 Å². The topological polar surface area (TPSA) is 65.4 Å². The van der Waals surface area contributed by atoms with E-state index in [4.69, 9.17) is 9.47 Å². The molecule has 1 aromatic heterocycles. The number of hydrogen-bond donors (Lipinski definition) is 1. The zero-order chi connectivity index (χ0) is 17.8. The molecule has 1 amide bonds. The van der Waals surface area contributed by atoms with Gasteiger partial charge < -0.3 is 14.8 Å². The van der Waals surface area contributed by atoms with Crippen molar-refractivity contribution in [2.75, 3.05) is 19.5 Å². The van der Waals surface area contributed by atoms with Gasteiger partial charge in [0.05, 0.1) is 19.9 Å². The molecule has 25 heavy (non-hydrogen) atoms. The van der Waals surface area contributed by atoms with Gasteiger partial charge in [0.2, 0.25) is 0 Å². The third-order valence-corrected chi connectivity index (χ3v) is 3.82. The number of rotatable bonds is 5. The molecule has 6 nitrogen and oxygen atoms in total. The first-order valence-corrected chi connectivity index (χ1v) is 7.76. The lowest BCUT2D eigenvalue weighted by Crippen LogP contribution is -2.12. The Morgan fingerprint density at radius 1 is 1.00 bits per heavy atom. The van der Waals surface area contributed by atoms with E-state index in [0.29, 0.717) is 22.7 Å². The van der Waals surface area contributed by atoms with Crippen LogP contribution in [0.15, 0.2) is 54.7 Å². The van der Waals surface area contributed by atoms with Gasteiger partial charge in [-0.2, -0.15) is 5.10 Å². The molecule has 0 atom stereocenters. The monoisotopic (exact) mass is 337 g/mol. The van der Waals surface area contributed by atoms with E-state index in [1.54, 1.807) is 50.7 Å². The molecule has 0 radical (unpaired) electrons. The maximum Gasteiger partial charge on any atom is 0.255 e. The third-order valence-electron chi connectivity index (χ3n) is 3.82. The fraction of sp³-hybridized carbons (Fsp3) is 0.158. The summed E-state index contributed by atoms with van der Waals surface area (Å²) in [5, 5.41) is 7.11. The molecule has 0 bridgehead atoms. The van der Waals surface area contributed by atoms with Gasteiger partial charge in [0.15, 0.2) is 0 Å². The number of carbonyl (C=O) groups is 1. The van der Waals surface area contributed by atoms with Crippen LogP contribution in [0.3, 0.4) is 0 Å². The summed E-state index contributed by atoms with van der Waals surface area (Å²) in [6.07, 6.45) is 1.74. The van der Waals surface area contributed by atoms with Gasteiger partial charge in [-0.3, -0.25) is 4.79 Å². The summed E-state index contributed by atoms with van der Waals surface area (Å²) in [6, 6.07) is 14.4. The average molecular weight is 337 g/mol. The standard InChI is InChI=1S/C19H19N3O3/c1-13-8-9-20-22(13)16-6-4-14(5-7-16)19(23)21-15-10-17(24-2)12-18(11-15)25-3/h4-12H,1-3H3,(H,21,23). The number of anilines is 1. The minimum Gasteiger partial charge on any atom is -0.497 e. The van der Waals surface area contributed by atoms with Crippen LogP contribution in [0.2, 0.25) is 0 Å². The van der Waals surface area contributed by atoms with Crippen molar-refractivity contribution in [3.8, 4) is 17.2 Å². The summed E-state index contributed by atoms with van der Waals surface area (Å²) in [5.41, 5.74) is 3.09. The van der Waals surface area contributed by atoms with Crippen molar-refractivity contribution < 1.29 is 14.3 Å². The van der Waals surface area contributed by atoms with Gasteiger partial charge in [0, 0.05) is 41.3 Å². The molecule has 0 saturated carbocycles. The van der Waals surface area contributed by atoms with Crippen LogP contribution in [0.1, 0.15) is 16.1 Å². The second-order valence-electron chi connectivity index (χ2n) is 5.49. The zero-order valence-electron chi connectivity index (χ0n) is 14.3. The first kappa shape index (κ1) is 16.6. The van der Waals surface area contributed by atoms with E-state index in [2.05, 4.69) is 10.4 Å². The highest BCUT2D eigenvalue weighted by molar-refractivity contribution is 6.04. The average Bonchev–Trinajstić information content (AvgIpc) is 3.07. The van der Waals surface area contributed by atoms with Gasteiger partial charge in [0.25, 0.3) is 5.91 Å². The molecule has 0 aliphatic rings. The Bertz CT molecular complexity index is 863. The van der Waals surface area contributed by atoms with E-state index in [1.165, 1.54) is 0 Å². The quantitative estimate of drug-likeness (QED) is 0.774. The van der Waals surface area contributed by atoms with Crippen molar-refractivity contribution in [3.63, 3.8) is 0 Å². The number of aromatic nitrogens is 2. The number of amides is 1. The highest BCUT2D eigenvalue weighted by Crippen LogP contribution is 2.26. The SMILES string of the molecule is COc1cc(NC(=O)c2ccc(-n3nccc3C)cc2)cc(OC)c1. The molecule has 6 heteroatoms. The van der Waals surface area contributed by atoms with Gasteiger partial charge in [-0.25, -0.2) is 4.68 Å². The van der Waals surface area contributed by atoms with Gasteiger partial charge in [0.1, 0.15) is 11.5 Å². The predicted octanol–water partition coefficient (Wildman–Crippen LogP) is 3.45. The summed E-state index contributed by atoms with van der Waals surface area (Å²) in [5.74, 6) is 1.01. The lowest BCUT2D eigenvalue weighted by atomic mass is 10.2. The minimum atomic E-state index is -0.209. The highest BCUT2D eigenvalue weighted by Gasteiger charge is 2.09. The maximum atomic E-state index is 12.5. The largest absolute Gasteiger partial charge is 0.497 e. The first-order valence-electron chi connectivity index (χ1n) is 7.76. The molecule has 3 rings (SSSR count). The molecule has 0 aliphatic carbocycles. The van der Waals surface area contributed by atoms with Crippen molar-refractivity contribution in [3.05, 3.63) is 66.0 Å². The summed E-state index contributed by atoms with van der Waals surface area (Å²) in [4.78, 5) is 12.5. The fourth-order valence-corrected chi connectivity index (χ4v) is 2.48. The van der Waals surface area contributed by atoms with Crippen molar-refractivity contribution in [1.29, 1.82) is 0 Å². The Kier molecular flexibility index (Phi) is 4.70. The lowest BCUT2D eigenvalue weighted by molar-refractivity contribution is 0.102. The third kappa shape index (κ3) is 3.63. The predicted molar refractivity (Wildman–Crippen MR) is 95.8 cm³/mol. The van der Waals surface area contributed by atoms with Gasteiger partial charge in [-0.1, -0.05) is 0 Å². The molecular formula is C19H19N3O3. The Hall–Kier alpha value is -3.28. The number of methoxy groups -OCH3 is 2. The molecule has 0 aliphatic heterocycles. The summed E-state index contributed by atoms with van der Waals surface area (Å²) in [7, 11) is 3.13. The smallest absolute Gasteiger partial charge is 0.255 e. The van der Waals surface area contributed by atoms with Crippen LogP contribution in [0, 0.1) is 6.92 Å². The number of hydrogen-bond acceptors (Lipinski definition) is 4. The van der Waals surface area contributed by atoms with Crippen LogP contribution in [0.4, 0.5) is 5.69 Å². The summed E-state index contributed by atoms with van der Waals surface area (Å²) < 4.78 is 12.2. The number of carbonyl (C=O) groups excluding carboxylic acids is 1. The second kappa shape index (κ2) is 7.09. The summed E-state index contributed by atoms with van der Waals surface area (Å²) >= 11 is 0. The van der Waals surface area contributed by atoms with Crippen molar-refractivity contribution in [2.24, 2.45) is 0 Å². The first-order chi connectivity index (χ1) is 12.1. The van der Waals surface area contributed by atoms with E-state index in [9.17, 15) is 4.79 Å². The van der Waals surface area contributed by atoms with Crippen molar-refractivity contribution in [2.45, 2.75) is 6.92 Å². The molecule has 1 heterocycles. The molecule has 0 unspecified atom stereocenters. The Labute approximate surface area is 146 Å². The van der Waals surface area contributed by atoms with E-state index in [0.717, 1.165) is 11.4 Å². The minimum absolute atomic E-state index is 0.209. The van der Waals surface area contributed by atoms with Gasteiger partial charge in [-0.15, -0.1) is 0 Å². The Balaban J connectivity index is 1.79. The van der Waals surface area contributed by atoms with Crippen molar-refractivity contribution >= 4 is 11.6 Å². The van der Waals surface area contributed by atoms with Crippen LogP contribution in [0.5, 0.6) is 11.5 Å². The number of benzene rings is 2. The van der Waals surface area contributed by atoms with Crippen LogP contribution in [-0.2, 0) is 0 Å². The van der Waals surface area contributed by atoms with E-state index in [1.807, 2.05) is 29.8 Å². The van der Waals surface area contributed by atoms with E-state index < -0.39 is 0 Å². The van der Waals surface area contributed by atoms with Crippen molar-refractivity contribution in [1.82, 2.24) is 9.78 Å². The van der Waals surface area contributed by atoms with Crippen LogP contribution >= 0.6 is 0 Å². The maximum absolute atomic E-state index is 12.5. The normalized spacial score (nSPS) is 10.4. The molecule has 1 N–H and O–H groups in total. The van der Waals surface area contributed by atoms with E-state index >= 15 is 0 Å². The fourth-order valence-electron chi connectivity index (χ4n) is 2.48. The van der Waals surface area contributed by atoms with E-state index in [-0.39, 0.29) is 5.91 Å². The van der Waals surface area contributed by atoms with Gasteiger partial charge >= 0.3 is 0 Å².